The fourth-order valence-corrected chi connectivity index (χ4v) is 2.23. The molecule has 2 N–H and O–H groups in total. The molecule has 1 aliphatic carbocycles. The SMILES string of the molecule is C[C@@H](NC(=O)CNC1CC1)c1cnn(-c2ccccc2F)c1. The Hall–Kier alpha value is -2.21. The summed E-state index contributed by atoms with van der Waals surface area (Å²) in [6.45, 7) is 2.22. The van der Waals surface area contributed by atoms with Crippen LogP contribution >= 0.6 is 0 Å². The van der Waals surface area contributed by atoms with Gasteiger partial charge < -0.3 is 10.6 Å². The summed E-state index contributed by atoms with van der Waals surface area (Å²) in [6, 6.07) is 6.78. The minimum absolute atomic E-state index is 0.0435. The van der Waals surface area contributed by atoms with Crippen LogP contribution < -0.4 is 10.6 Å². The fourth-order valence-electron chi connectivity index (χ4n) is 2.23. The summed E-state index contributed by atoms with van der Waals surface area (Å²) >= 11 is 0. The van der Waals surface area contributed by atoms with Crippen LogP contribution in [0, 0.1) is 5.82 Å². The van der Waals surface area contributed by atoms with Gasteiger partial charge in [0.2, 0.25) is 5.91 Å². The predicted octanol–water partition coefficient (Wildman–Crippen LogP) is 1.94. The molecule has 116 valence electrons. The lowest BCUT2D eigenvalue weighted by molar-refractivity contribution is -0.120. The van der Waals surface area contributed by atoms with Crippen LogP contribution in [0.15, 0.2) is 36.7 Å². The van der Waals surface area contributed by atoms with Gasteiger partial charge in [0.05, 0.1) is 18.8 Å². The van der Waals surface area contributed by atoms with Gasteiger partial charge in [-0.1, -0.05) is 12.1 Å². The Labute approximate surface area is 128 Å². The average molecular weight is 302 g/mol. The second-order valence-electron chi connectivity index (χ2n) is 5.61. The number of rotatable bonds is 6. The predicted molar refractivity (Wildman–Crippen MR) is 81.1 cm³/mol. The van der Waals surface area contributed by atoms with Crippen LogP contribution in [0.5, 0.6) is 0 Å². The molecule has 1 aromatic heterocycles. The van der Waals surface area contributed by atoms with E-state index in [-0.39, 0.29) is 17.8 Å². The molecule has 2 aromatic rings. The number of carbonyl (C=O) groups is 1. The molecule has 22 heavy (non-hydrogen) atoms. The highest BCUT2D eigenvalue weighted by molar-refractivity contribution is 5.78. The van der Waals surface area contributed by atoms with Gasteiger partial charge in [-0.2, -0.15) is 5.10 Å². The van der Waals surface area contributed by atoms with E-state index in [1.807, 2.05) is 6.92 Å². The van der Waals surface area contributed by atoms with Crippen molar-refractivity contribution < 1.29 is 9.18 Å². The van der Waals surface area contributed by atoms with Crippen molar-refractivity contribution in [2.24, 2.45) is 0 Å². The van der Waals surface area contributed by atoms with Gasteiger partial charge in [-0.3, -0.25) is 4.79 Å². The van der Waals surface area contributed by atoms with Crippen molar-refractivity contribution in [1.82, 2.24) is 20.4 Å². The number of aromatic nitrogens is 2. The van der Waals surface area contributed by atoms with Crippen LogP contribution in [0.4, 0.5) is 4.39 Å². The maximum Gasteiger partial charge on any atom is 0.234 e. The largest absolute Gasteiger partial charge is 0.348 e. The number of benzene rings is 1. The van der Waals surface area contributed by atoms with E-state index in [9.17, 15) is 9.18 Å². The average Bonchev–Trinajstić information content (AvgIpc) is 3.20. The Balaban J connectivity index is 1.62. The summed E-state index contributed by atoms with van der Waals surface area (Å²) in [7, 11) is 0. The van der Waals surface area contributed by atoms with Crippen LogP contribution in [-0.4, -0.2) is 28.3 Å². The summed E-state index contributed by atoms with van der Waals surface area (Å²) in [5.41, 5.74) is 1.23. The van der Waals surface area contributed by atoms with E-state index in [1.165, 1.54) is 10.7 Å². The number of hydrogen-bond acceptors (Lipinski definition) is 3. The van der Waals surface area contributed by atoms with Gasteiger partial charge >= 0.3 is 0 Å². The second kappa shape index (κ2) is 6.27. The maximum absolute atomic E-state index is 13.7. The van der Waals surface area contributed by atoms with E-state index in [1.54, 1.807) is 30.6 Å². The molecule has 1 heterocycles. The van der Waals surface area contributed by atoms with Crippen LogP contribution in [-0.2, 0) is 4.79 Å². The monoisotopic (exact) mass is 302 g/mol. The number of nitrogens with one attached hydrogen (secondary N) is 2. The molecule has 1 aliphatic rings. The summed E-state index contributed by atoms with van der Waals surface area (Å²) < 4.78 is 15.2. The summed E-state index contributed by atoms with van der Waals surface area (Å²) in [5.74, 6) is -0.375. The van der Waals surface area contributed by atoms with Gasteiger partial charge in [0.15, 0.2) is 0 Å². The highest BCUT2D eigenvalue weighted by Gasteiger charge is 2.21. The van der Waals surface area contributed by atoms with Gasteiger partial charge in [0.1, 0.15) is 11.5 Å². The van der Waals surface area contributed by atoms with Crippen molar-refractivity contribution >= 4 is 5.91 Å². The van der Waals surface area contributed by atoms with Crippen molar-refractivity contribution in [2.75, 3.05) is 6.54 Å². The van der Waals surface area contributed by atoms with E-state index in [2.05, 4.69) is 15.7 Å². The van der Waals surface area contributed by atoms with Gasteiger partial charge in [0.25, 0.3) is 0 Å². The van der Waals surface area contributed by atoms with Crippen LogP contribution in [0.2, 0.25) is 0 Å². The molecule has 1 saturated carbocycles. The van der Waals surface area contributed by atoms with Gasteiger partial charge in [-0.15, -0.1) is 0 Å². The smallest absolute Gasteiger partial charge is 0.234 e. The third-order valence-corrected chi connectivity index (χ3v) is 3.71. The number of hydrogen-bond donors (Lipinski definition) is 2. The zero-order valence-corrected chi connectivity index (χ0v) is 12.4. The molecule has 5 nitrogen and oxygen atoms in total. The van der Waals surface area contributed by atoms with Crippen LogP contribution in [0.25, 0.3) is 5.69 Å². The topological polar surface area (TPSA) is 59.0 Å². The first kappa shape index (κ1) is 14.7. The molecule has 1 amide bonds. The summed E-state index contributed by atoms with van der Waals surface area (Å²) in [4.78, 5) is 11.8. The van der Waals surface area contributed by atoms with E-state index < -0.39 is 0 Å². The maximum atomic E-state index is 13.7. The first-order valence-electron chi connectivity index (χ1n) is 7.45. The third kappa shape index (κ3) is 3.51. The molecule has 1 aromatic carbocycles. The molecule has 0 radical (unpaired) electrons. The summed E-state index contributed by atoms with van der Waals surface area (Å²) in [6.07, 6.45) is 5.68. The van der Waals surface area contributed by atoms with Crippen molar-refractivity contribution in [3.8, 4) is 5.69 Å². The molecular weight excluding hydrogens is 283 g/mol. The molecule has 0 bridgehead atoms. The standard InChI is InChI=1S/C16H19FN4O/c1-11(20-16(22)9-18-13-6-7-13)12-8-19-21(10-12)15-5-3-2-4-14(15)17/h2-5,8,10-11,13,18H,6-7,9H2,1H3,(H,20,22)/t11-/m1/s1. The van der Waals surface area contributed by atoms with Crippen LogP contribution in [0.1, 0.15) is 31.4 Å². The fraction of sp³-hybridized carbons (Fsp3) is 0.375. The third-order valence-electron chi connectivity index (χ3n) is 3.71. The molecule has 0 aliphatic heterocycles. The van der Waals surface area contributed by atoms with Crippen molar-refractivity contribution in [1.29, 1.82) is 0 Å². The highest BCUT2D eigenvalue weighted by atomic mass is 19.1. The molecular formula is C16H19FN4O. The Morgan fingerprint density at radius 3 is 2.95 bits per heavy atom. The number of amides is 1. The number of para-hydroxylation sites is 1. The van der Waals surface area contributed by atoms with E-state index in [4.69, 9.17) is 0 Å². The van der Waals surface area contributed by atoms with Crippen molar-refractivity contribution in [3.05, 3.63) is 48.0 Å². The molecule has 3 rings (SSSR count). The lowest BCUT2D eigenvalue weighted by atomic mass is 10.2. The highest BCUT2D eigenvalue weighted by Crippen LogP contribution is 2.18. The van der Waals surface area contributed by atoms with Gasteiger partial charge in [0, 0.05) is 17.8 Å². The Bertz CT molecular complexity index is 666. The molecule has 1 fully saturated rings. The number of nitrogens with zero attached hydrogens (tertiary/aromatic N) is 2. The lowest BCUT2D eigenvalue weighted by Crippen LogP contribution is -2.36. The second-order valence-corrected chi connectivity index (χ2v) is 5.61. The quantitative estimate of drug-likeness (QED) is 0.857. The number of halogens is 1. The minimum Gasteiger partial charge on any atom is -0.348 e. The molecule has 0 unspecified atom stereocenters. The van der Waals surface area contributed by atoms with Crippen LogP contribution in [0.3, 0.4) is 0 Å². The summed E-state index contributed by atoms with van der Waals surface area (Å²) in [5, 5.41) is 10.2. The van der Waals surface area contributed by atoms with Crippen molar-refractivity contribution in [3.63, 3.8) is 0 Å². The normalized spacial score (nSPS) is 15.5. The number of carbonyl (C=O) groups excluding carboxylic acids is 1. The Morgan fingerprint density at radius 2 is 2.23 bits per heavy atom. The molecule has 0 spiro atoms. The Morgan fingerprint density at radius 1 is 1.45 bits per heavy atom. The molecule has 0 saturated heterocycles. The lowest BCUT2D eigenvalue weighted by Gasteiger charge is -2.12. The van der Waals surface area contributed by atoms with E-state index >= 15 is 0 Å². The first-order chi connectivity index (χ1) is 10.6. The van der Waals surface area contributed by atoms with Crippen molar-refractivity contribution in [2.45, 2.75) is 31.8 Å². The Kier molecular flexibility index (Phi) is 4.20. The molecule has 6 heteroatoms. The van der Waals surface area contributed by atoms with Gasteiger partial charge in [-0.05, 0) is 31.9 Å². The van der Waals surface area contributed by atoms with Gasteiger partial charge in [-0.25, -0.2) is 9.07 Å². The van der Waals surface area contributed by atoms with E-state index in [0.29, 0.717) is 18.3 Å². The minimum atomic E-state index is -0.331. The van der Waals surface area contributed by atoms with E-state index in [0.717, 1.165) is 18.4 Å². The molecule has 1 atom stereocenters. The zero-order valence-electron chi connectivity index (χ0n) is 12.4. The zero-order chi connectivity index (χ0) is 15.5. The first-order valence-corrected chi connectivity index (χ1v) is 7.45.